The average Bonchev–Trinajstić information content (AvgIpc) is 2.47. The maximum absolute atomic E-state index is 6.03. The van der Waals surface area contributed by atoms with Crippen LogP contribution >= 0.6 is 23.2 Å². The van der Waals surface area contributed by atoms with E-state index in [-0.39, 0.29) is 0 Å². The normalized spacial score (nSPS) is 10.2. The number of halogens is 2. The number of hydrogen-bond acceptors (Lipinski definition) is 3. The van der Waals surface area contributed by atoms with E-state index in [2.05, 4.69) is 5.32 Å². The van der Waals surface area contributed by atoms with Gasteiger partial charge in [-0.2, -0.15) is 0 Å². The van der Waals surface area contributed by atoms with Crippen LogP contribution in [0.2, 0.25) is 10.0 Å². The second-order valence-electron chi connectivity index (χ2n) is 4.31. The zero-order valence-corrected chi connectivity index (χ0v) is 13.2. The molecular weight excluding hydrogens is 309 g/mol. The van der Waals surface area contributed by atoms with Gasteiger partial charge in [-0.25, -0.2) is 0 Å². The minimum atomic E-state index is 0.508. The Kier molecular flexibility index (Phi) is 6.03. The maximum atomic E-state index is 6.03. The smallest absolute Gasteiger partial charge is 0.138 e. The van der Waals surface area contributed by atoms with Gasteiger partial charge in [-0.1, -0.05) is 23.2 Å². The monoisotopic (exact) mass is 325 g/mol. The summed E-state index contributed by atoms with van der Waals surface area (Å²) in [5, 5.41) is 4.38. The number of nitrogens with one attached hydrogen (secondary N) is 1. The largest absolute Gasteiger partial charge is 0.494 e. The van der Waals surface area contributed by atoms with Gasteiger partial charge in [0.25, 0.3) is 0 Å². The average molecular weight is 326 g/mol. The Labute approximate surface area is 134 Å². The van der Waals surface area contributed by atoms with Crippen molar-refractivity contribution in [2.24, 2.45) is 0 Å². The lowest BCUT2D eigenvalue weighted by Crippen LogP contribution is -2.11. The van der Waals surface area contributed by atoms with Crippen LogP contribution in [-0.2, 0) is 0 Å². The molecule has 2 aromatic rings. The van der Waals surface area contributed by atoms with Crippen LogP contribution in [0.25, 0.3) is 0 Å². The van der Waals surface area contributed by atoms with Crippen LogP contribution < -0.4 is 14.8 Å². The third kappa shape index (κ3) is 5.03. The van der Waals surface area contributed by atoms with E-state index in [1.54, 1.807) is 18.2 Å². The number of rotatable bonds is 7. The fraction of sp³-hybridized carbons (Fsp3) is 0.250. The SMILES string of the molecule is CCOc1ccc(NCCOc2ccc(Cl)cc2Cl)cc1. The van der Waals surface area contributed by atoms with Crippen molar-refractivity contribution < 1.29 is 9.47 Å². The Balaban J connectivity index is 1.76. The highest BCUT2D eigenvalue weighted by Gasteiger charge is 2.02. The van der Waals surface area contributed by atoms with Gasteiger partial charge in [0.1, 0.15) is 18.1 Å². The van der Waals surface area contributed by atoms with Gasteiger partial charge in [-0.05, 0) is 49.4 Å². The van der Waals surface area contributed by atoms with E-state index in [1.807, 2.05) is 31.2 Å². The summed E-state index contributed by atoms with van der Waals surface area (Å²) < 4.78 is 11.0. The predicted octanol–water partition coefficient (Wildman–Crippen LogP) is 4.88. The maximum Gasteiger partial charge on any atom is 0.138 e. The number of ether oxygens (including phenoxy) is 2. The van der Waals surface area contributed by atoms with Gasteiger partial charge < -0.3 is 14.8 Å². The molecule has 0 spiro atoms. The molecule has 3 nitrogen and oxygen atoms in total. The van der Waals surface area contributed by atoms with Gasteiger partial charge in [-0.3, -0.25) is 0 Å². The summed E-state index contributed by atoms with van der Waals surface area (Å²) in [6, 6.07) is 13.0. The van der Waals surface area contributed by atoms with Crippen molar-refractivity contribution in [2.75, 3.05) is 25.1 Å². The standard InChI is InChI=1S/C16H17Cl2NO2/c1-2-20-14-6-4-13(5-7-14)19-9-10-21-16-8-3-12(17)11-15(16)18/h3-8,11,19H,2,9-10H2,1H3. The first-order valence-electron chi connectivity index (χ1n) is 6.73. The first-order valence-corrected chi connectivity index (χ1v) is 7.49. The summed E-state index contributed by atoms with van der Waals surface area (Å²) in [7, 11) is 0. The molecule has 0 unspecified atom stereocenters. The molecule has 21 heavy (non-hydrogen) atoms. The van der Waals surface area contributed by atoms with Gasteiger partial charge in [0.2, 0.25) is 0 Å². The molecule has 2 rings (SSSR count). The van der Waals surface area contributed by atoms with Crippen LogP contribution in [0.5, 0.6) is 11.5 Å². The zero-order chi connectivity index (χ0) is 15.1. The van der Waals surface area contributed by atoms with Crippen LogP contribution in [-0.4, -0.2) is 19.8 Å². The summed E-state index contributed by atoms with van der Waals surface area (Å²) in [6.45, 7) is 3.81. The van der Waals surface area contributed by atoms with E-state index < -0.39 is 0 Å². The van der Waals surface area contributed by atoms with E-state index in [0.717, 1.165) is 11.4 Å². The molecule has 0 radical (unpaired) electrons. The lowest BCUT2D eigenvalue weighted by atomic mass is 10.3. The van der Waals surface area contributed by atoms with Crippen molar-refractivity contribution in [3.8, 4) is 11.5 Å². The number of anilines is 1. The Bertz CT molecular complexity index is 573. The van der Waals surface area contributed by atoms with E-state index in [1.165, 1.54) is 0 Å². The molecule has 0 saturated carbocycles. The van der Waals surface area contributed by atoms with Gasteiger partial charge >= 0.3 is 0 Å². The molecule has 5 heteroatoms. The van der Waals surface area contributed by atoms with Crippen LogP contribution in [0, 0.1) is 0 Å². The molecule has 0 fully saturated rings. The molecule has 112 valence electrons. The second kappa shape index (κ2) is 8.01. The fourth-order valence-electron chi connectivity index (χ4n) is 1.78. The summed E-state index contributed by atoms with van der Waals surface area (Å²) in [4.78, 5) is 0. The van der Waals surface area contributed by atoms with Crippen molar-refractivity contribution in [3.63, 3.8) is 0 Å². The van der Waals surface area contributed by atoms with Crippen molar-refractivity contribution in [1.29, 1.82) is 0 Å². The number of hydrogen-bond donors (Lipinski definition) is 1. The molecule has 0 amide bonds. The summed E-state index contributed by atoms with van der Waals surface area (Å²) >= 11 is 11.9. The van der Waals surface area contributed by atoms with Crippen molar-refractivity contribution in [2.45, 2.75) is 6.92 Å². The van der Waals surface area contributed by atoms with E-state index in [4.69, 9.17) is 32.7 Å². The summed E-state index contributed by atoms with van der Waals surface area (Å²) in [6.07, 6.45) is 0. The molecule has 0 heterocycles. The molecular formula is C16H17Cl2NO2. The summed E-state index contributed by atoms with van der Waals surface area (Å²) in [5.41, 5.74) is 1.02. The first-order chi connectivity index (χ1) is 10.2. The topological polar surface area (TPSA) is 30.5 Å². The Hall–Kier alpha value is -1.58. The van der Waals surface area contributed by atoms with Gasteiger partial charge in [0, 0.05) is 17.3 Å². The third-order valence-electron chi connectivity index (χ3n) is 2.75. The minimum Gasteiger partial charge on any atom is -0.494 e. The quantitative estimate of drug-likeness (QED) is 0.735. The van der Waals surface area contributed by atoms with E-state index in [9.17, 15) is 0 Å². The van der Waals surface area contributed by atoms with Gasteiger partial charge in [-0.15, -0.1) is 0 Å². The van der Waals surface area contributed by atoms with Crippen molar-refractivity contribution in [3.05, 3.63) is 52.5 Å². The van der Waals surface area contributed by atoms with Crippen molar-refractivity contribution >= 4 is 28.9 Å². The zero-order valence-electron chi connectivity index (χ0n) is 11.7. The van der Waals surface area contributed by atoms with Crippen LogP contribution in [0.4, 0.5) is 5.69 Å². The third-order valence-corrected chi connectivity index (χ3v) is 3.28. The molecule has 2 aromatic carbocycles. The molecule has 0 aliphatic carbocycles. The van der Waals surface area contributed by atoms with Crippen LogP contribution in [0.15, 0.2) is 42.5 Å². The minimum absolute atomic E-state index is 0.508. The van der Waals surface area contributed by atoms with Crippen molar-refractivity contribution in [1.82, 2.24) is 0 Å². The Morgan fingerprint density at radius 1 is 1.00 bits per heavy atom. The highest BCUT2D eigenvalue weighted by atomic mass is 35.5. The Morgan fingerprint density at radius 2 is 1.76 bits per heavy atom. The van der Waals surface area contributed by atoms with Crippen LogP contribution in [0.3, 0.4) is 0 Å². The lowest BCUT2D eigenvalue weighted by molar-refractivity contribution is 0.333. The molecule has 1 N–H and O–H groups in total. The highest BCUT2D eigenvalue weighted by Crippen LogP contribution is 2.27. The Morgan fingerprint density at radius 3 is 2.43 bits per heavy atom. The van der Waals surface area contributed by atoms with Crippen LogP contribution in [0.1, 0.15) is 6.92 Å². The van der Waals surface area contributed by atoms with Gasteiger partial charge in [0.05, 0.1) is 11.6 Å². The predicted molar refractivity (Wildman–Crippen MR) is 88.1 cm³/mol. The molecule has 0 aromatic heterocycles. The first kappa shape index (κ1) is 15.8. The molecule has 0 saturated heterocycles. The number of benzene rings is 2. The molecule has 0 bridgehead atoms. The highest BCUT2D eigenvalue weighted by molar-refractivity contribution is 6.35. The van der Waals surface area contributed by atoms with Gasteiger partial charge in [0.15, 0.2) is 0 Å². The molecule has 0 aliphatic heterocycles. The second-order valence-corrected chi connectivity index (χ2v) is 5.15. The molecule has 0 atom stereocenters. The molecule has 0 aliphatic rings. The summed E-state index contributed by atoms with van der Waals surface area (Å²) in [5.74, 6) is 1.50. The lowest BCUT2D eigenvalue weighted by Gasteiger charge is -2.10. The van der Waals surface area contributed by atoms with E-state index >= 15 is 0 Å². The fourth-order valence-corrected chi connectivity index (χ4v) is 2.25. The van der Waals surface area contributed by atoms with E-state index in [0.29, 0.717) is 35.6 Å².